The van der Waals surface area contributed by atoms with Gasteiger partial charge in [-0.1, -0.05) is 24.3 Å². The molecule has 2 nitrogen and oxygen atoms in total. The lowest BCUT2D eigenvalue weighted by atomic mass is 10.0. The van der Waals surface area contributed by atoms with E-state index in [1.807, 2.05) is 0 Å². The van der Waals surface area contributed by atoms with Crippen molar-refractivity contribution in [3.05, 3.63) is 82.5 Å². The fourth-order valence-electron chi connectivity index (χ4n) is 2.43. The van der Waals surface area contributed by atoms with Gasteiger partial charge in [-0.15, -0.1) is 6.58 Å². The zero-order chi connectivity index (χ0) is 15.7. The van der Waals surface area contributed by atoms with Crippen molar-refractivity contribution < 1.29 is 13.2 Å². The first-order valence-electron chi connectivity index (χ1n) is 6.73. The van der Waals surface area contributed by atoms with Crippen molar-refractivity contribution in [2.75, 3.05) is 0 Å². The Bertz CT molecular complexity index is 906. The van der Waals surface area contributed by atoms with Crippen molar-refractivity contribution in [2.45, 2.75) is 6.42 Å². The molecule has 1 aromatic heterocycles. The third-order valence-electron chi connectivity index (χ3n) is 3.43. The standard InChI is InChI=1S/C18H12F2O2/c1-2-6-12-17(21)11-7-3-4-10-15(11)22-18(12)16-13(19)8-5-9-14(16)20/h2-5,7-10H,1,6H2. The lowest BCUT2D eigenvalue weighted by molar-refractivity contribution is 0.559. The van der Waals surface area contributed by atoms with E-state index in [1.165, 1.54) is 12.1 Å². The predicted molar refractivity (Wildman–Crippen MR) is 81.7 cm³/mol. The fourth-order valence-corrected chi connectivity index (χ4v) is 2.43. The number of hydrogen-bond acceptors (Lipinski definition) is 2. The molecular formula is C18H12F2O2. The van der Waals surface area contributed by atoms with Crippen LogP contribution in [-0.4, -0.2) is 0 Å². The van der Waals surface area contributed by atoms with Gasteiger partial charge in [-0.05, 0) is 30.7 Å². The first kappa shape index (κ1) is 14.2. The maximum absolute atomic E-state index is 14.1. The maximum Gasteiger partial charge on any atom is 0.196 e. The van der Waals surface area contributed by atoms with Gasteiger partial charge in [0.2, 0.25) is 0 Å². The third-order valence-corrected chi connectivity index (χ3v) is 3.43. The van der Waals surface area contributed by atoms with Crippen LogP contribution in [0.1, 0.15) is 5.56 Å². The Morgan fingerprint density at radius 3 is 2.41 bits per heavy atom. The summed E-state index contributed by atoms with van der Waals surface area (Å²) < 4.78 is 33.8. The average molecular weight is 298 g/mol. The van der Waals surface area contributed by atoms with Crippen molar-refractivity contribution in [1.82, 2.24) is 0 Å². The summed E-state index contributed by atoms with van der Waals surface area (Å²) >= 11 is 0. The molecule has 22 heavy (non-hydrogen) atoms. The first-order valence-corrected chi connectivity index (χ1v) is 6.73. The Kier molecular flexibility index (Phi) is 3.59. The minimum atomic E-state index is -0.774. The second-order valence-corrected chi connectivity index (χ2v) is 4.82. The molecule has 0 atom stereocenters. The van der Waals surface area contributed by atoms with Gasteiger partial charge in [-0.25, -0.2) is 8.78 Å². The number of benzene rings is 2. The summed E-state index contributed by atoms with van der Waals surface area (Å²) in [4.78, 5) is 12.6. The lowest BCUT2D eigenvalue weighted by Gasteiger charge is -2.10. The molecule has 0 aliphatic rings. The number of hydrogen-bond donors (Lipinski definition) is 0. The molecule has 3 aromatic rings. The van der Waals surface area contributed by atoms with Gasteiger partial charge in [0.05, 0.1) is 10.9 Å². The van der Waals surface area contributed by atoms with E-state index in [9.17, 15) is 13.6 Å². The highest BCUT2D eigenvalue weighted by molar-refractivity contribution is 5.80. The van der Waals surface area contributed by atoms with Crippen LogP contribution < -0.4 is 5.43 Å². The summed E-state index contributed by atoms with van der Waals surface area (Å²) in [6.07, 6.45) is 1.67. The highest BCUT2D eigenvalue weighted by atomic mass is 19.1. The average Bonchev–Trinajstić information content (AvgIpc) is 2.51. The Labute approximate surface area is 125 Å². The summed E-state index contributed by atoms with van der Waals surface area (Å²) in [6.45, 7) is 3.59. The smallest absolute Gasteiger partial charge is 0.196 e. The van der Waals surface area contributed by atoms with Gasteiger partial charge in [0, 0.05) is 5.56 Å². The zero-order valence-electron chi connectivity index (χ0n) is 11.6. The molecule has 1 heterocycles. The highest BCUT2D eigenvalue weighted by Crippen LogP contribution is 2.30. The van der Waals surface area contributed by atoms with E-state index >= 15 is 0 Å². The third kappa shape index (κ3) is 2.22. The molecule has 110 valence electrons. The molecule has 4 heteroatoms. The Hall–Kier alpha value is -2.75. The molecule has 0 unspecified atom stereocenters. The zero-order valence-corrected chi connectivity index (χ0v) is 11.6. The van der Waals surface area contributed by atoms with Crippen LogP contribution in [0.2, 0.25) is 0 Å². The Morgan fingerprint density at radius 1 is 1.05 bits per heavy atom. The number of halogens is 2. The van der Waals surface area contributed by atoms with Crippen molar-refractivity contribution in [2.24, 2.45) is 0 Å². The van der Waals surface area contributed by atoms with Crippen LogP contribution in [0.4, 0.5) is 8.78 Å². The van der Waals surface area contributed by atoms with Crippen molar-refractivity contribution in [3.63, 3.8) is 0 Å². The second-order valence-electron chi connectivity index (χ2n) is 4.82. The SMILES string of the molecule is C=CCc1c(-c2c(F)cccc2F)oc2ccccc2c1=O. The van der Waals surface area contributed by atoms with Crippen LogP contribution in [0.3, 0.4) is 0 Å². The molecule has 0 saturated carbocycles. The molecule has 0 aliphatic heterocycles. The Balaban J connectivity index is 2.45. The monoisotopic (exact) mass is 298 g/mol. The van der Waals surface area contributed by atoms with E-state index in [0.29, 0.717) is 5.39 Å². The van der Waals surface area contributed by atoms with Crippen LogP contribution in [0, 0.1) is 11.6 Å². The molecule has 2 aromatic carbocycles. The van der Waals surface area contributed by atoms with E-state index in [2.05, 4.69) is 6.58 Å². The highest BCUT2D eigenvalue weighted by Gasteiger charge is 2.20. The van der Waals surface area contributed by atoms with Gasteiger partial charge in [0.25, 0.3) is 0 Å². The van der Waals surface area contributed by atoms with Crippen molar-refractivity contribution >= 4 is 11.0 Å². The second kappa shape index (κ2) is 5.56. The largest absolute Gasteiger partial charge is 0.455 e. The molecule has 3 rings (SSSR count). The molecule has 0 N–H and O–H groups in total. The van der Waals surface area contributed by atoms with E-state index in [0.717, 1.165) is 12.1 Å². The van der Waals surface area contributed by atoms with Crippen LogP contribution in [0.5, 0.6) is 0 Å². The number of para-hydroxylation sites is 1. The predicted octanol–water partition coefficient (Wildman–Crippen LogP) is 4.47. The van der Waals surface area contributed by atoms with Gasteiger partial charge < -0.3 is 4.42 Å². The summed E-state index contributed by atoms with van der Waals surface area (Å²) in [6, 6.07) is 10.1. The fraction of sp³-hybridized carbons (Fsp3) is 0.0556. The normalized spacial score (nSPS) is 10.8. The maximum atomic E-state index is 14.1. The van der Waals surface area contributed by atoms with Gasteiger partial charge in [0.1, 0.15) is 23.0 Å². The molecule has 0 saturated heterocycles. The summed E-state index contributed by atoms with van der Waals surface area (Å²) in [7, 11) is 0. The van der Waals surface area contributed by atoms with Crippen molar-refractivity contribution in [3.8, 4) is 11.3 Å². The molecule has 0 radical (unpaired) electrons. The number of rotatable bonds is 3. The van der Waals surface area contributed by atoms with E-state index in [-0.39, 0.29) is 34.3 Å². The van der Waals surface area contributed by atoms with E-state index in [4.69, 9.17) is 4.42 Å². The van der Waals surface area contributed by atoms with E-state index < -0.39 is 11.6 Å². The van der Waals surface area contributed by atoms with Crippen LogP contribution in [0.25, 0.3) is 22.3 Å². The van der Waals surface area contributed by atoms with Crippen LogP contribution >= 0.6 is 0 Å². The number of fused-ring (bicyclic) bond motifs is 1. The minimum absolute atomic E-state index is 0.0841. The van der Waals surface area contributed by atoms with Crippen LogP contribution in [-0.2, 0) is 6.42 Å². The van der Waals surface area contributed by atoms with Gasteiger partial charge in [-0.3, -0.25) is 4.79 Å². The molecule has 0 spiro atoms. The minimum Gasteiger partial charge on any atom is -0.455 e. The van der Waals surface area contributed by atoms with Crippen LogP contribution in [0.15, 0.2) is 64.3 Å². The molecule has 0 amide bonds. The Morgan fingerprint density at radius 2 is 1.73 bits per heavy atom. The topological polar surface area (TPSA) is 30.2 Å². The molecular weight excluding hydrogens is 286 g/mol. The molecule has 0 aliphatic carbocycles. The van der Waals surface area contributed by atoms with Crippen molar-refractivity contribution in [1.29, 1.82) is 0 Å². The van der Waals surface area contributed by atoms with Gasteiger partial charge in [0.15, 0.2) is 5.43 Å². The summed E-state index contributed by atoms with van der Waals surface area (Å²) in [5.74, 6) is -1.63. The molecule has 0 bridgehead atoms. The molecule has 0 fully saturated rings. The van der Waals surface area contributed by atoms with Gasteiger partial charge in [-0.2, -0.15) is 0 Å². The summed E-state index contributed by atoms with van der Waals surface area (Å²) in [5.41, 5.74) is -0.155. The van der Waals surface area contributed by atoms with Gasteiger partial charge >= 0.3 is 0 Å². The first-order chi connectivity index (χ1) is 10.6. The summed E-state index contributed by atoms with van der Waals surface area (Å²) in [5, 5.41) is 0.375. The lowest BCUT2D eigenvalue weighted by Crippen LogP contribution is -2.11. The van der Waals surface area contributed by atoms with E-state index in [1.54, 1.807) is 24.3 Å². The quantitative estimate of drug-likeness (QED) is 0.668. The number of allylic oxidation sites excluding steroid dienone is 1.